The molecule has 0 saturated heterocycles. The Hall–Kier alpha value is -1.06. The van der Waals surface area contributed by atoms with E-state index < -0.39 is 0 Å². The minimum absolute atomic E-state index is 0.252. The van der Waals surface area contributed by atoms with Gasteiger partial charge in [-0.3, -0.25) is 5.32 Å². The van der Waals surface area contributed by atoms with Crippen molar-refractivity contribution in [1.82, 2.24) is 5.32 Å². The van der Waals surface area contributed by atoms with Crippen molar-refractivity contribution in [2.75, 3.05) is 0 Å². The molecule has 0 spiro atoms. The first-order valence-corrected chi connectivity index (χ1v) is 6.52. The highest BCUT2D eigenvalue weighted by atomic mass is 32.1. The first-order valence-electron chi connectivity index (χ1n) is 5.64. The molecule has 0 bridgehead atoms. The van der Waals surface area contributed by atoms with Crippen molar-refractivity contribution < 1.29 is 4.42 Å². The van der Waals surface area contributed by atoms with Crippen molar-refractivity contribution in [1.29, 1.82) is 0 Å². The Kier molecular flexibility index (Phi) is 3.80. The zero-order valence-electron chi connectivity index (χ0n) is 9.64. The van der Waals surface area contributed by atoms with Crippen LogP contribution in [0, 0.1) is 0 Å². The molecular formula is C13H17NOS. The van der Waals surface area contributed by atoms with Gasteiger partial charge in [-0.2, -0.15) is 0 Å². The first kappa shape index (κ1) is 11.4. The van der Waals surface area contributed by atoms with E-state index in [0.717, 1.165) is 12.2 Å². The Balaban J connectivity index is 2.02. The molecule has 0 amide bonds. The van der Waals surface area contributed by atoms with Crippen molar-refractivity contribution in [2.24, 2.45) is 0 Å². The molecule has 2 atom stereocenters. The molecule has 0 saturated carbocycles. The van der Waals surface area contributed by atoms with Gasteiger partial charge < -0.3 is 4.42 Å². The minimum Gasteiger partial charge on any atom is -0.468 e. The highest BCUT2D eigenvalue weighted by Gasteiger charge is 2.15. The Labute approximate surface area is 100 Å². The maximum absolute atomic E-state index is 5.40. The summed E-state index contributed by atoms with van der Waals surface area (Å²) in [6.45, 7) is 4.33. The minimum atomic E-state index is 0.252. The lowest BCUT2D eigenvalue weighted by Gasteiger charge is -2.19. The summed E-state index contributed by atoms with van der Waals surface area (Å²) in [6, 6.07) is 8.89. The van der Waals surface area contributed by atoms with E-state index in [9.17, 15) is 0 Å². The van der Waals surface area contributed by atoms with Crippen LogP contribution >= 0.6 is 11.3 Å². The van der Waals surface area contributed by atoms with Crippen LogP contribution in [0.5, 0.6) is 0 Å². The van der Waals surface area contributed by atoms with Crippen LogP contribution in [0.25, 0.3) is 0 Å². The fourth-order valence-electron chi connectivity index (χ4n) is 1.81. The molecule has 1 N–H and O–H groups in total. The van der Waals surface area contributed by atoms with Crippen molar-refractivity contribution in [3.8, 4) is 0 Å². The van der Waals surface area contributed by atoms with Gasteiger partial charge >= 0.3 is 0 Å². The van der Waals surface area contributed by atoms with Crippen LogP contribution in [0.2, 0.25) is 0 Å². The molecule has 86 valence electrons. The fourth-order valence-corrected chi connectivity index (χ4v) is 2.68. The second-order valence-corrected chi connectivity index (χ2v) is 4.86. The van der Waals surface area contributed by atoms with E-state index in [-0.39, 0.29) is 6.04 Å². The van der Waals surface area contributed by atoms with E-state index in [2.05, 4.69) is 36.7 Å². The molecule has 2 rings (SSSR count). The Morgan fingerprint density at radius 2 is 2.25 bits per heavy atom. The van der Waals surface area contributed by atoms with Gasteiger partial charge in [-0.1, -0.05) is 13.0 Å². The standard InChI is InChI=1S/C13H17NOS/c1-3-11(13-7-5-9-16-13)14-10(2)12-6-4-8-15-12/h4-11,14H,3H2,1-2H3/t10-,11?/m1/s1. The van der Waals surface area contributed by atoms with E-state index in [1.54, 1.807) is 17.6 Å². The molecule has 0 aliphatic carbocycles. The third-order valence-electron chi connectivity index (χ3n) is 2.72. The molecule has 3 heteroatoms. The normalized spacial score (nSPS) is 14.9. The first-order chi connectivity index (χ1) is 7.81. The summed E-state index contributed by atoms with van der Waals surface area (Å²) in [4.78, 5) is 1.39. The topological polar surface area (TPSA) is 25.2 Å². The zero-order chi connectivity index (χ0) is 11.4. The van der Waals surface area contributed by atoms with E-state index in [1.165, 1.54) is 4.88 Å². The van der Waals surface area contributed by atoms with Gasteiger partial charge in [0.2, 0.25) is 0 Å². The molecular weight excluding hydrogens is 218 g/mol. The summed E-state index contributed by atoms with van der Waals surface area (Å²) in [7, 11) is 0. The fraction of sp³-hybridized carbons (Fsp3) is 0.385. The average molecular weight is 235 g/mol. The lowest BCUT2D eigenvalue weighted by molar-refractivity contribution is 0.389. The number of rotatable bonds is 5. The van der Waals surface area contributed by atoms with Crippen molar-refractivity contribution in [3.63, 3.8) is 0 Å². The maximum Gasteiger partial charge on any atom is 0.120 e. The summed E-state index contributed by atoms with van der Waals surface area (Å²) in [6.07, 6.45) is 2.81. The molecule has 2 aromatic heterocycles. The molecule has 2 heterocycles. The molecule has 2 nitrogen and oxygen atoms in total. The highest BCUT2D eigenvalue weighted by Crippen LogP contribution is 2.25. The van der Waals surface area contributed by atoms with Crippen molar-refractivity contribution in [2.45, 2.75) is 32.4 Å². The summed E-state index contributed by atoms with van der Waals surface area (Å²) in [5.41, 5.74) is 0. The average Bonchev–Trinajstić information content (AvgIpc) is 2.96. The third-order valence-corrected chi connectivity index (χ3v) is 3.70. The van der Waals surface area contributed by atoms with Crippen molar-refractivity contribution >= 4 is 11.3 Å². The van der Waals surface area contributed by atoms with Crippen molar-refractivity contribution in [3.05, 3.63) is 46.5 Å². The van der Waals surface area contributed by atoms with E-state index in [4.69, 9.17) is 4.42 Å². The smallest absolute Gasteiger partial charge is 0.120 e. The molecule has 0 fully saturated rings. The lowest BCUT2D eigenvalue weighted by atomic mass is 10.1. The number of hydrogen-bond acceptors (Lipinski definition) is 3. The van der Waals surface area contributed by atoms with Crippen LogP contribution in [0.3, 0.4) is 0 Å². The quantitative estimate of drug-likeness (QED) is 0.842. The summed E-state index contributed by atoms with van der Waals surface area (Å²) < 4.78 is 5.40. The maximum atomic E-state index is 5.40. The van der Waals surface area contributed by atoms with Gasteiger partial charge in [0.25, 0.3) is 0 Å². The number of hydrogen-bond donors (Lipinski definition) is 1. The Morgan fingerprint density at radius 3 is 2.81 bits per heavy atom. The van der Waals surface area contributed by atoms with E-state index in [0.29, 0.717) is 6.04 Å². The highest BCUT2D eigenvalue weighted by molar-refractivity contribution is 7.10. The SMILES string of the molecule is CCC(N[C@H](C)c1ccco1)c1cccs1. The second-order valence-electron chi connectivity index (χ2n) is 3.88. The van der Waals surface area contributed by atoms with Crippen LogP contribution < -0.4 is 5.32 Å². The van der Waals surface area contributed by atoms with Crippen LogP contribution in [0.1, 0.15) is 43.0 Å². The van der Waals surface area contributed by atoms with Crippen LogP contribution in [-0.2, 0) is 0 Å². The van der Waals surface area contributed by atoms with Gasteiger partial charge in [0.1, 0.15) is 5.76 Å². The van der Waals surface area contributed by atoms with Gasteiger partial charge in [-0.15, -0.1) is 11.3 Å². The largest absolute Gasteiger partial charge is 0.468 e. The molecule has 0 radical (unpaired) electrons. The lowest BCUT2D eigenvalue weighted by Crippen LogP contribution is -2.23. The molecule has 0 aliphatic rings. The Morgan fingerprint density at radius 1 is 1.38 bits per heavy atom. The monoisotopic (exact) mass is 235 g/mol. The summed E-state index contributed by atoms with van der Waals surface area (Å²) >= 11 is 1.80. The van der Waals surface area contributed by atoms with Gasteiger partial charge in [0, 0.05) is 10.9 Å². The van der Waals surface area contributed by atoms with Crippen LogP contribution in [0.15, 0.2) is 40.3 Å². The molecule has 2 aromatic rings. The number of furan rings is 1. The van der Waals surface area contributed by atoms with E-state index >= 15 is 0 Å². The second kappa shape index (κ2) is 5.32. The van der Waals surface area contributed by atoms with Gasteiger partial charge in [0.05, 0.1) is 12.3 Å². The number of nitrogens with one attached hydrogen (secondary N) is 1. The molecule has 1 unspecified atom stereocenters. The predicted octanol–water partition coefficient (Wildman–Crippen LogP) is 4.14. The van der Waals surface area contributed by atoms with Gasteiger partial charge in [0.15, 0.2) is 0 Å². The Bertz CT molecular complexity index is 394. The molecule has 16 heavy (non-hydrogen) atoms. The zero-order valence-corrected chi connectivity index (χ0v) is 10.5. The molecule has 0 aliphatic heterocycles. The summed E-state index contributed by atoms with van der Waals surface area (Å²) in [5.74, 6) is 0.995. The third kappa shape index (κ3) is 2.54. The van der Waals surface area contributed by atoms with Crippen LogP contribution in [0.4, 0.5) is 0 Å². The summed E-state index contributed by atoms with van der Waals surface area (Å²) in [5, 5.41) is 5.71. The number of thiophene rings is 1. The van der Waals surface area contributed by atoms with Gasteiger partial charge in [-0.25, -0.2) is 0 Å². The molecule has 0 aromatic carbocycles. The van der Waals surface area contributed by atoms with Crippen LogP contribution in [-0.4, -0.2) is 0 Å². The van der Waals surface area contributed by atoms with E-state index in [1.807, 2.05) is 12.1 Å². The van der Waals surface area contributed by atoms with Gasteiger partial charge in [-0.05, 0) is 36.9 Å². The predicted molar refractivity (Wildman–Crippen MR) is 67.6 cm³/mol.